The van der Waals surface area contributed by atoms with E-state index in [4.69, 9.17) is 16.7 Å². The summed E-state index contributed by atoms with van der Waals surface area (Å²) in [5, 5.41) is 8.37. The molecule has 0 radical (unpaired) electrons. The molecule has 3 aromatic rings. The lowest BCUT2D eigenvalue weighted by Crippen LogP contribution is -2.38. The third-order valence-electron chi connectivity index (χ3n) is 5.25. The van der Waals surface area contributed by atoms with Gasteiger partial charge in [0.2, 0.25) is 0 Å². The van der Waals surface area contributed by atoms with Crippen molar-refractivity contribution in [3.05, 3.63) is 71.4 Å². The van der Waals surface area contributed by atoms with Gasteiger partial charge < -0.3 is 10.2 Å². The lowest BCUT2D eigenvalue weighted by molar-refractivity contribution is 0.0939. The molecule has 1 saturated heterocycles. The van der Waals surface area contributed by atoms with Crippen molar-refractivity contribution >= 4 is 17.5 Å². The fraction of sp³-hybridized carbons (Fsp3) is 0.304. The molecule has 0 saturated carbocycles. The number of nitrogens with zero attached hydrogens (tertiary/aromatic N) is 3. The fourth-order valence-electron chi connectivity index (χ4n) is 3.71. The van der Waals surface area contributed by atoms with Crippen molar-refractivity contribution in [1.29, 1.82) is 0 Å². The van der Waals surface area contributed by atoms with Crippen LogP contribution in [0.1, 0.15) is 29.8 Å². The third-order valence-corrected chi connectivity index (χ3v) is 5.58. The maximum absolute atomic E-state index is 13.0. The van der Waals surface area contributed by atoms with Gasteiger partial charge in [-0.25, -0.2) is 4.68 Å². The summed E-state index contributed by atoms with van der Waals surface area (Å²) in [5.74, 6) is -0.128. The Bertz CT molecular complexity index is 964. The number of rotatable bonds is 6. The number of carbonyl (C=O) groups is 1. The first-order valence-corrected chi connectivity index (χ1v) is 10.5. The van der Waals surface area contributed by atoms with Crippen LogP contribution in [0.5, 0.6) is 0 Å². The number of hydrogen-bond donors (Lipinski definition) is 1. The second kappa shape index (κ2) is 9.25. The largest absolute Gasteiger partial charge is 0.349 e. The highest BCUT2D eigenvalue weighted by atomic mass is 35.5. The monoisotopic (exact) mass is 408 g/mol. The lowest BCUT2D eigenvalue weighted by atomic mass is 10.1. The Morgan fingerprint density at radius 2 is 1.72 bits per heavy atom. The Labute approximate surface area is 176 Å². The minimum Gasteiger partial charge on any atom is -0.349 e. The number of hydrogen-bond acceptors (Lipinski definition) is 3. The Morgan fingerprint density at radius 3 is 2.48 bits per heavy atom. The zero-order valence-corrected chi connectivity index (χ0v) is 17.1. The molecule has 0 spiro atoms. The van der Waals surface area contributed by atoms with Gasteiger partial charge in [0, 0.05) is 18.7 Å². The van der Waals surface area contributed by atoms with Gasteiger partial charge in [-0.3, -0.25) is 4.79 Å². The first-order chi connectivity index (χ1) is 14.2. The number of para-hydroxylation sites is 1. The maximum Gasteiger partial charge on any atom is 0.270 e. The van der Waals surface area contributed by atoms with Crippen LogP contribution in [0.3, 0.4) is 0 Å². The second-order valence-corrected chi connectivity index (χ2v) is 7.71. The molecule has 1 aliphatic heterocycles. The highest BCUT2D eigenvalue weighted by Gasteiger charge is 2.19. The van der Waals surface area contributed by atoms with Gasteiger partial charge in [0.05, 0.1) is 16.4 Å². The van der Waals surface area contributed by atoms with Crippen LogP contribution in [0.2, 0.25) is 5.02 Å². The van der Waals surface area contributed by atoms with E-state index in [2.05, 4.69) is 10.2 Å². The summed E-state index contributed by atoms with van der Waals surface area (Å²) < 4.78 is 1.69. The normalized spacial score (nSPS) is 14.7. The molecular formula is C23H25ClN4O. The van der Waals surface area contributed by atoms with E-state index in [0.717, 1.165) is 30.9 Å². The number of carbonyl (C=O) groups excluding carboxylic acids is 1. The molecule has 150 valence electrons. The second-order valence-electron chi connectivity index (χ2n) is 7.30. The van der Waals surface area contributed by atoms with E-state index in [0.29, 0.717) is 23.0 Å². The molecule has 0 bridgehead atoms. The van der Waals surface area contributed by atoms with Crippen LogP contribution in [0.25, 0.3) is 16.9 Å². The summed E-state index contributed by atoms with van der Waals surface area (Å²) in [6, 6.07) is 19.0. The van der Waals surface area contributed by atoms with Crippen molar-refractivity contribution in [2.45, 2.75) is 19.3 Å². The number of halogens is 1. The van der Waals surface area contributed by atoms with E-state index in [9.17, 15) is 4.79 Å². The van der Waals surface area contributed by atoms with Crippen molar-refractivity contribution in [3.8, 4) is 16.9 Å². The summed E-state index contributed by atoms with van der Waals surface area (Å²) in [6.07, 6.45) is 3.80. The highest BCUT2D eigenvalue weighted by molar-refractivity contribution is 6.33. The molecular weight excluding hydrogens is 384 g/mol. The average Bonchev–Trinajstić information content (AvgIpc) is 3.21. The predicted molar refractivity (Wildman–Crippen MR) is 117 cm³/mol. The van der Waals surface area contributed by atoms with Crippen LogP contribution in [0.15, 0.2) is 60.7 Å². The van der Waals surface area contributed by atoms with Gasteiger partial charge >= 0.3 is 0 Å². The number of benzene rings is 2. The van der Waals surface area contributed by atoms with E-state index in [1.807, 2.05) is 60.7 Å². The number of amides is 1. The van der Waals surface area contributed by atoms with E-state index < -0.39 is 0 Å². The molecule has 0 atom stereocenters. The lowest BCUT2D eigenvalue weighted by Gasteiger charge is -2.26. The molecule has 1 aliphatic rings. The zero-order chi connectivity index (χ0) is 20.1. The molecule has 1 aromatic heterocycles. The minimum absolute atomic E-state index is 0.128. The zero-order valence-electron chi connectivity index (χ0n) is 16.4. The minimum atomic E-state index is -0.128. The van der Waals surface area contributed by atoms with E-state index in [-0.39, 0.29) is 5.91 Å². The third kappa shape index (κ3) is 4.69. The quantitative estimate of drug-likeness (QED) is 0.657. The molecule has 1 N–H and O–H groups in total. The summed E-state index contributed by atoms with van der Waals surface area (Å²) in [4.78, 5) is 15.4. The molecule has 0 unspecified atom stereocenters. The van der Waals surface area contributed by atoms with Crippen LogP contribution in [0, 0.1) is 0 Å². The topological polar surface area (TPSA) is 50.2 Å². The first kappa shape index (κ1) is 19.7. The molecule has 1 fully saturated rings. The molecule has 4 rings (SSSR count). The molecule has 29 heavy (non-hydrogen) atoms. The van der Waals surface area contributed by atoms with Gasteiger partial charge in [-0.2, -0.15) is 5.10 Å². The van der Waals surface area contributed by atoms with E-state index >= 15 is 0 Å². The molecule has 5 nitrogen and oxygen atoms in total. The van der Waals surface area contributed by atoms with Gasteiger partial charge in [-0.1, -0.05) is 54.4 Å². The maximum atomic E-state index is 13.0. The van der Waals surface area contributed by atoms with Crippen molar-refractivity contribution in [2.75, 3.05) is 26.2 Å². The standard InChI is InChI=1S/C23H25ClN4O/c24-20-12-6-5-11-19(20)21-17-22(28(26-21)18-9-3-1-4-10-18)23(29)25-13-16-27-14-7-2-8-15-27/h1,3-6,9-12,17H,2,7-8,13-16H2,(H,25,29). The van der Waals surface area contributed by atoms with Crippen molar-refractivity contribution < 1.29 is 4.79 Å². The molecule has 1 amide bonds. The molecule has 2 aromatic carbocycles. The van der Waals surface area contributed by atoms with Gasteiger partial charge in [0.25, 0.3) is 5.91 Å². The average molecular weight is 409 g/mol. The summed E-state index contributed by atoms with van der Waals surface area (Å²) in [5.41, 5.74) is 2.84. The van der Waals surface area contributed by atoms with Crippen molar-refractivity contribution in [3.63, 3.8) is 0 Å². The SMILES string of the molecule is O=C(NCCN1CCCCC1)c1cc(-c2ccccc2Cl)nn1-c1ccccc1. The number of nitrogens with one attached hydrogen (secondary N) is 1. The Balaban J connectivity index is 1.57. The van der Waals surface area contributed by atoms with E-state index in [1.165, 1.54) is 19.3 Å². The van der Waals surface area contributed by atoms with Crippen LogP contribution in [0.4, 0.5) is 0 Å². The van der Waals surface area contributed by atoms with Crippen LogP contribution in [-0.2, 0) is 0 Å². The van der Waals surface area contributed by atoms with Crippen LogP contribution in [-0.4, -0.2) is 46.8 Å². The molecule has 6 heteroatoms. The molecule has 2 heterocycles. The Morgan fingerprint density at radius 1 is 1.00 bits per heavy atom. The predicted octanol–water partition coefficient (Wildman–Crippen LogP) is 4.41. The number of likely N-dealkylation sites (tertiary alicyclic amines) is 1. The molecule has 0 aliphatic carbocycles. The number of aromatic nitrogens is 2. The first-order valence-electron chi connectivity index (χ1n) is 10.1. The highest BCUT2D eigenvalue weighted by Crippen LogP contribution is 2.28. The van der Waals surface area contributed by atoms with Gasteiger partial charge in [-0.05, 0) is 50.2 Å². The summed E-state index contributed by atoms with van der Waals surface area (Å²) in [7, 11) is 0. The van der Waals surface area contributed by atoms with Crippen LogP contribution < -0.4 is 5.32 Å². The smallest absolute Gasteiger partial charge is 0.270 e. The summed E-state index contributed by atoms with van der Waals surface area (Å²) in [6.45, 7) is 3.74. The van der Waals surface area contributed by atoms with Crippen LogP contribution >= 0.6 is 11.6 Å². The number of piperidine rings is 1. The van der Waals surface area contributed by atoms with Crippen molar-refractivity contribution in [2.24, 2.45) is 0 Å². The summed E-state index contributed by atoms with van der Waals surface area (Å²) >= 11 is 6.36. The fourth-order valence-corrected chi connectivity index (χ4v) is 3.94. The van der Waals surface area contributed by atoms with Gasteiger partial charge in [-0.15, -0.1) is 0 Å². The van der Waals surface area contributed by atoms with E-state index in [1.54, 1.807) is 4.68 Å². The Hall–Kier alpha value is -2.63. The van der Waals surface area contributed by atoms with Gasteiger partial charge in [0.15, 0.2) is 0 Å². The Kier molecular flexibility index (Phi) is 6.27. The van der Waals surface area contributed by atoms with Gasteiger partial charge in [0.1, 0.15) is 5.69 Å². The van der Waals surface area contributed by atoms with Crippen molar-refractivity contribution in [1.82, 2.24) is 20.0 Å².